The number of benzene rings is 3. The first-order valence-electron chi connectivity index (χ1n) is 10.7. The first-order valence-corrected chi connectivity index (χ1v) is 10.7. The molecule has 3 rings (SSSR count). The van der Waals surface area contributed by atoms with Crippen molar-refractivity contribution in [3.63, 3.8) is 0 Å². The third kappa shape index (κ3) is 6.82. The Kier molecular flexibility index (Phi) is 8.76. The van der Waals surface area contributed by atoms with E-state index in [2.05, 4.69) is 5.32 Å². The number of carbonyl (C=O) groups excluding carboxylic acids is 3. The summed E-state index contributed by atoms with van der Waals surface area (Å²) >= 11 is 0. The SMILES string of the molecule is COc1cccc(C(=O)O[C@H](C(=O)O)[C@@H](OC(=O)c2cccc(OC)c2)C(=O)Nc2ccccc2F)c1. The molecular formula is C26H22FNO9. The molecule has 0 saturated heterocycles. The van der Waals surface area contributed by atoms with E-state index < -0.39 is 41.8 Å². The second-order valence-electron chi connectivity index (χ2n) is 7.42. The highest BCUT2D eigenvalue weighted by Crippen LogP contribution is 2.20. The van der Waals surface area contributed by atoms with E-state index in [4.69, 9.17) is 18.9 Å². The zero-order valence-corrected chi connectivity index (χ0v) is 19.7. The van der Waals surface area contributed by atoms with Crippen LogP contribution in [0, 0.1) is 5.82 Å². The molecule has 0 aliphatic rings. The largest absolute Gasteiger partial charge is 0.497 e. The molecule has 0 aliphatic carbocycles. The van der Waals surface area contributed by atoms with Gasteiger partial charge < -0.3 is 29.4 Å². The molecule has 0 saturated carbocycles. The number of hydrogen-bond acceptors (Lipinski definition) is 8. The van der Waals surface area contributed by atoms with Gasteiger partial charge in [-0.1, -0.05) is 24.3 Å². The summed E-state index contributed by atoms with van der Waals surface area (Å²) in [5.41, 5.74) is -0.470. The minimum Gasteiger partial charge on any atom is -0.497 e. The van der Waals surface area contributed by atoms with Crippen LogP contribution in [0.25, 0.3) is 0 Å². The minimum absolute atomic E-state index is 0.0775. The molecule has 0 spiro atoms. The molecule has 10 nitrogen and oxygen atoms in total. The van der Waals surface area contributed by atoms with E-state index in [9.17, 15) is 28.7 Å². The first kappa shape index (κ1) is 26.7. The van der Waals surface area contributed by atoms with Gasteiger partial charge in [0.15, 0.2) is 0 Å². The van der Waals surface area contributed by atoms with Gasteiger partial charge in [-0.15, -0.1) is 0 Å². The van der Waals surface area contributed by atoms with Crippen molar-refractivity contribution in [2.45, 2.75) is 12.2 Å². The van der Waals surface area contributed by atoms with Crippen molar-refractivity contribution in [2.24, 2.45) is 0 Å². The molecule has 11 heteroatoms. The van der Waals surface area contributed by atoms with Crippen LogP contribution < -0.4 is 14.8 Å². The van der Waals surface area contributed by atoms with Crippen LogP contribution in [0.15, 0.2) is 72.8 Å². The second kappa shape index (κ2) is 12.2. The maximum Gasteiger partial charge on any atom is 0.349 e. The molecule has 0 aliphatic heterocycles. The highest BCUT2D eigenvalue weighted by molar-refractivity contribution is 6.01. The van der Waals surface area contributed by atoms with E-state index in [1.54, 1.807) is 12.1 Å². The normalized spacial score (nSPS) is 12.0. The Hall–Kier alpha value is -4.93. The highest BCUT2D eigenvalue weighted by Gasteiger charge is 2.41. The van der Waals surface area contributed by atoms with Crippen LogP contribution in [0.3, 0.4) is 0 Å². The first-order chi connectivity index (χ1) is 17.7. The number of hydrogen-bond donors (Lipinski definition) is 2. The number of carboxylic acids is 1. The molecule has 0 aromatic heterocycles. The summed E-state index contributed by atoms with van der Waals surface area (Å²) in [4.78, 5) is 50.7. The number of carbonyl (C=O) groups is 4. The third-order valence-electron chi connectivity index (χ3n) is 4.99. The zero-order valence-electron chi connectivity index (χ0n) is 19.7. The van der Waals surface area contributed by atoms with E-state index in [0.717, 1.165) is 6.07 Å². The lowest BCUT2D eigenvalue weighted by Crippen LogP contribution is -2.48. The molecule has 0 bridgehead atoms. The number of amides is 1. The van der Waals surface area contributed by atoms with E-state index in [1.807, 2.05) is 0 Å². The van der Waals surface area contributed by atoms with Gasteiger partial charge in [-0.2, -0.15) is 0 Å². The van der Waals surface area contributed by atoms with Gasteiger partial charge in [0.1, 0.15) is 17.3 Å². The van der Waals surface area contributed by atoms with E-state index in [1.165, 1.54) is 68.8 Å². The van der Waals surface area contributed by atoms with Crippen molar-refractivity contribution < 1.29 is 47.6 Å². The van der Waals surface area contributed by atoms with Gasteiger partial charge in [0, 0.05) is 0 Å². The number of para-hydroxylation sites is 1. The molecule has 37 heavy (non-hydrogen) atoms. The Morgan fingerprint density at radius 1 is 0.757 bits per heavy atom. The van der Waals surface area contributed by atoms with Crippen molar-refractivity contribution in [1.29, 1.82) is 0 Å². The number of aliphatic carboxylic acids is 1. The number of anilines is 1. The lowest BCUT2D eigenvalue weighted by atomic mass is 10.1. The van der Waals surface area contributed by atoms with Crippen LogP contribution in [0.1, 0.15) is 20.7 Å². The van der Waals surface area contributed by atoms with Gasteiger partial charge in [-0.25, -0.2) is 18.8 Å². The highest BCUT2D eigenvalue weighted by atomic mass is 19.1. The summed E-state index contributed by atoms with van der Waals surface area (Å²) in [5.74, 6) is -5.52. The Morgan fingerprint density at radius 3 is 1.76 bits per heavy atom. The van der Waals surface area contributed by atoms with Crippen LogP contribution >= 0.6 is 0 Å². The van der Waals surface area contributed by atoms with Gasteiger partial charge in [0.05, 0.1) is 31.0 Å². The van der Waals surface area contributed by atoms with Gasteiger partial charge in [0.2, 0.25) is 12.2 Å². The Labute approximate surface area is 210 Å². The van der Waals surface area contributed by atoms with Crippen molar-refractivity contribution >= 4 is 29.5 Å². The zero-order chi connectivity index (χ0) is 26.9. The fraction of sp³-hybridized carbons (Fsp3) is 0.154. The standard InChI is InChI=1S/C26H22FNO9/c1-34-17-9-5-7-15(13-17)25(32)36-21(23(29)28-20-12-4-3-11-19(20)27)22(24(30)31)37-26(33)16-8-6-10-18(14-16)35-2/h3-14,21-22H,1-2H3,(H,28,29)(H,30,31)/t21-,22+/m1/s1. The summed E-state index contributed by atoms with van der Waals surface area (Å²) in [5, 5.41) is 12.0. The van der Waals surface area contributed by atoms with Crippen molar-refractivity contribution in [3.8, 4) is 11.5 Å². The van der Waals surface area contributed by atoms with Crippen molar-refractivity contribution in [3.05, 3.63) is 89.7 Å². The molecular weight excluding hydrogens is 489 g/mol. The lowest BCUT2D eigenvalue weighted by Gasteiger charge is -2.23. The molecule has 0 unspecified atom stereocenters. The van der Waals surface area contributed by atoms with Gasteiger partial charge in [0.25, 0.3) is 5.91 Å². The lowest BCUT2D eigenvalue weighted by molar-refractivity contribution is -0.157. The Morgan fingerprint density at radius 2 is 1.27 bits per heavy atom. The number of nitrogens with one attached hydrogen (secondary N) is 1. The van der Waals surface area contributed by atoms with Crippen LogP contribution in [0.4, 0.5) is 10.1 Å². The summed E-state index contributed by atoms with van der Waals surface area (Å²) in [6, 6.07) is 16.4. The Balaban J connectivity index is 1.94. The molecule has 0 fully saturated rings. The molecule has 2 atom stereocenters. The fourth-order valence-electron chi connectivity index (χ4n) is 3.13. The summed E-state index contributed by atoms with van der Waals surface area (Å²) in [6.07, 6.45) is -4.50. The van der Waals surface area contributed by atoms with E-state index >= 15 is 0 Å². The third-order valence-corrected chi connectivity index (χ3v) is 4.99. The number of rotatable bonds is 10. The minimum atomic E-state index is -2.29. The molecule has 1 amide bonds. The predicted octanol–water partition coefficient (Wildman–Crippen LogP) is 3.32. The second-order valence-corrected chi connectivity index (χ2v) is 7.42. The van der Waals surface area contributed by atoms with Crippen LogP contribution in [-0.4, -0.2) is 55.3 Å². The number of halogens is 1. The van der Waals surface area contributed by atoms with E-state index in [-0.39, 0.29) is 16.8 Å². The topological polar surface area (TPSA) is 137 Å². The van der Waals surface area contributed by atoms with Gasteiger partial charge >= 0.3 is 17.9 Å². The van der Waals surface area contributed by atoms with Crippen molar-refractivity contribution in [2.75, 3.05) is 19.5 Å². The molecule has 3 aromatic rings. The number of methoxy groups -OCH3 is 2. The molecule has 192 valence electrons. The van der Waals surface area contributed by atoms with Crippen LogP contribution in [0.5, 0.6) is 11.5 Å². The van der Waals surface area contributed by atoms with Crippen LogP contribution in [0.2, 0.25) is 0 Å². The smallest absolute Gasteiger partial charge is 0.349 e. The monoisotopic (exact) mass is 511 g/mol. The summed E-state index contributed by atoms with van der Waals surface area (Å²) in [6.45, 7) is 0. The average Bonchev–Trinajstić information content (AvgIpc) is 2.91. The van der Waals surface area contributed by atoms with Gasteiger partial charge in [-0.05, 0) is 48.5 Å². The van der Waals surface area contributed by atoms with E-state index in [0.29, 0.717) is 11.5 Å². The summed E-state index contributed by atoms with van der Waals surface area (Å²) in [7, 11) is 2.74. The summed E-state index contributed by atoms with van der Waals surface area (Å²) < 4.78 is 34.5. The quantitative estimate of drug-likeness (QED) is 0.393. The molecule has 2 N–H and O–H groups in total. The molecule has 0 radical (unpaired) electrons. The predicted molar refractivity (Wildman–Crippen MR) is 127 cm³/mol. The maximum atomic E-state index is 14.1. The average molecular weight is 511 g/mol. The molecule has 3 aromatic carbocycles. The number of carboxylic acid groups (broad SMARTS) is 1. The fourth-order valence-corrected chi connectivity index (χ4v) is 3.13. The maximum absolute atomic E-state index is 14.1. The van der Waals surface area contributed by atoms with Crippen molar-refractivity contribution in [1.82, 2.24) is 0 Å². The molecule has 0 heterocycles. The van der Waals surface area contributed by atoms with Gasteiger partial charge in [-0.3, -0.25) is 4.79 Å². The van der Waals surface area contributed by atoms with Crippen LogP contribution in [-0.2, 0) is 19.1 Å². The number of esters is 2. The Bertz CT molecular complexity index is 1310. The number of ether oxygens (including phenoxy) is 4.